The number of unbranched alkanes of at least 4 members (excludes halogenated alkanes) is 1. The summed E-state index contributed by atoms with van der Waals surface area (Å²) in [4.78, 5) is 27.5. The molecule has 0 aliphatic heterocycles. The molecule has 0 aromatic heterocycles. The molecule has 0 heterocycles. The molecule has 0 aliphatic carbocycles. The Morgan fingerprint density at radius 2 is 1.81 bits per heavy atom. The van der Waals surface area contributed by atoms with E-state index in [1.807, 2.05) is 6.92 Å². The molecule has 36 heavy (non-hydrogen) atoms. The quantitative estimate of drug-likeness (QED) is 0.405. The Morgan fingerprint density at radius 1 is 1.11 bits per heavy atom. The highest BCUT2D eigenvalue weighted by atomic mass is 32.2. The summed E-state index contributed by atoms with van der Waals surface area (Å²) in [5.74, 6) is -1.08. The molecule has 0 bridgehead atoms. The Bertz CT molecular complexity index is 1160. The maximum Gasteiger partial charge on any atom is 0.244 e. The molecule has 9 nitrogen and oxygen atoms in total. The van der Waals surface area contributed by atoms with Crippen molar-refractivity contribution in [2.45, 2.75) is 39.3 Å². The van der Waals surface area contributed by atoms with Crippen LogP contribution in [-0.4, -0.2) is 64.7 Å². The zero-order valence-electron chi connectivity index (χ0n) is 21.3. The number of halogens is 1. The van der Waals surface area contributed by atoms with Crippen LogP contribution in [0.2, 0.25) is 0 Å². The number of amides is 2. The first kappa shape index (κ1) is 28.9. The number of benzene rings is 2. The fourth-order valence-electron chi connectivity index (χ4n) is 3.52. The second-order valence-electron chi connectivity index (χ2n) is 8.24. The van der Waals surface area contributed by atoms with Gasteiger partial charge in [0.1, 0.15) is 29.9 Å². The van der Waals surface area contributed by atoms with Gasteiger partial charge in [0, 0.05) is 24.7 Å². The lowest BCUT2D eigenvalue weighted by atomic mass is 10.1. The molecule has 2 aromatic rings. The van der Waals surface area contributed by atoms with Gasteiger partial charge in [0.25, 0.3) is 0 Å². The minimum absolute atomic E-state index is 0.0959. The zero-order chi connectivity index (χ0) is 26.9. The molecule has 0 saturated heterocycles. The highest BCUT2D eigenvalue weighted by molar-refractivity contribution is 7.92. The van der Waals surface area contributed by atoms with Gasteiger partial charge in [-0.3, -0.25) is 13.9 Å². The Morgan fingerprint density at radius 3 is 2.39 bits per heavy atom. The van der Waals surface area contributed by atoms with E-state index in [1.165, 1.54) is 56.4 Å². The Balaban J connectivity index is 2.46. The average molecular weight is 524 g/mol. The number of nitrogens with zero attached hydrogens (tertiary/aromatic N) is 2. The number of hydrogen-bond acceptors (Lipinski definition) is 6. The van der Waals surface area contributed by atoms with Crippen LogP contribution in [0.3, 0.4) is 0 Å². The number of methoxy groups -OCH3 is 2. The van der Waals surface area contributed by atoms with Gasteiger partial charge in [-0.1, -0.05) is 31.5 Å². The van der Waals surface area contributed by atoms with E-state index in [0.717, 1.165) is 23.4 Å². The van der Waals surface area contributed by atoms with E-state index in [4.69, 9.17) is 9.47 Å². The van der Waals surface area contributed by atoms with Crippen molar-refractivity contribution in [1.82, 2.24) is 10.2 Å². The number of carbonyl (C=O) groups excluding carboxylic acids is 2. The molecule has 0 saturated carbocycles. The molecule has 0 aliphatic rings. The highest BCUT2D eigenvalue weighted by Crippen LogP contribution is 2.34. The van der Waals surface area contributed by atoms with Crippen molar-refractivity contribution >= 4 is 27.5 Å². The van der Waals surface area contributed by atoms with Crippen molar-refractivity contribution in [2.75, 3.05) is 37.9 Å². The molecule has 2 aromatic carbocycles. The minimum Gasteiger partial charge on any atom is -0.497 e. The van der Waals surface area contributed by atoms with E-state index in [1.54, 1.807) is 12.1 Å². The van der Waals surface area contributed by atoms with Crippen LogP contribution in [0.5, 0.6) is 11.5 Å². The van der Waals surface area contributed by atoms with Crippen LogP contribution < -0.4 is 19.1 Å². The number of nitrogens with one attached hydrogen (secondary N) is 1. The molecule has 0 fully saturated rings. The lowest BCUT2D eigenvalue weighted by Crippen LogP contribution is -2.51. The number of sulfonamides is 1. The van der Waals surface area contributed by atoms with Crippen LogP contribution in [-0.2, 0) is 26.2 Å². The topological polar surface area (TPSA) is 105 Å². The summed E-state index contributed by atoms with van der Waals surface area (Å²) in [5.41, 5.74) is 0.294. The summed E-state index contributed by atoms with van der Waals surface area (Å²) >= 11 is 0. The van der Waals surface area contributed by atoms with E-state index in [2.05, 4.69) is 5.32 Å². The second-order valence-corrected chi connectivity index (χ2v) is 10.1. The van der Waals surface area contributed by atoms with Gasteiger partial charge in [0.05, 0.1) is 26.2 Å². The first-order valence-electron chi connectivity index (χ1n) is 11.5. The molecule has 0 radical (unpaired) electrons. The monoisotopic (exact) mass is 523 g/mol. The van der Waals surface area contributed by atoms with Crippen molar-refractivity contribution in [1.29, 1.82) is 0 Å². The summed E-state index contributed by atoms with van der Waals surface area (Å²) in [6.45, 7) is 3.08. The van der Waals surface area contributed by atoms with Gasteiger partial charge in [-0.2, -0.15) is 0 Å². The van der Waals surface area contributed by atoms with Crippen molar-refractivity contribution in [3.8, 4) is 11.5 Å². The lowest BCUT2D eigenvalue weighted by molar-refractivity contribution is -0.139. The van der Waals surface area contributed by atoms with Crippen LogP contribution in [0.1, 0.15) is 32.3 Å². The van der Waals surface area contributed by atoms with Crippen molar-refractivity contribution in [2.24, 2.45) is 0 Å². The fraction of sp³-hybridized carbons (Fsp3) is 0.440. The smallest absolute Gasteiger partial charge is 0.244 e. The first-order valence-corrected chi connectivity index (χ1v) is 13.4. The summed E-state index contributed by atoms with van der Waals surface area (Å²) in [6.07, 6.45) is 2.59. The zero-order valence-corrected chi connectivity index (χ0v) is 22.1. The van der Waals surface area contributed by atoms with E-state index in [0.29, 0.717) is 12.3 Å². The Labute approximate surface area is 212 Å². The lowest BCUT2D eigenvalue weighted by Gasteiger charge is -2.32. The third-order valence-corrected chi connectivity index (χ3v) is 6.76. The van der Waals surface area contributed by atoms with Gasteiger partial charge in [-0.05, 0) is 31.5 Å². The van der Waals surface area contributed by atoms with E-state index in [-0.39, 0.29) is 23.5 Å². The third kappa shape index (κ3) is 7.58. The molecular formula is C25H34FN3O6S. The molecule has 1 N–H and O–H groups in total. The second kappa shape index (κ2) is 13.1. The average Bonchev–Trinajstić information content (AvgIpc) is 2.85. The third-order valence-electron chi connectivity index (χ3n) is 5.63. The molecule has 0 unspecified atom stereocenters. The summed E-state index contributed by atoms with van der Waals surface area (Å²) in [7, 11) is -1.17. The largest absolute Gasteiger partial charge is 0.497 e. The summed E-state index contributed by atoms with van der Waals surface area (Å²) in [5, 5.41) is 2.77. The van der Waals surface area contributed by atoms with Crippen molar-refractivity contribution in [3.05, 3.63) is 53.8 Å². The number of ether oxygens (including phenoxy) is 2. The molecule has 11 heteroatoms. The van der Waals surface area contributed by atoms with E-state index in [9.17, 15) is 22.4 Å². The molecule has 2 rings (SSSR count). The van der Waals surface area contributed by atoms with Gasteiger partial charge < -0.3 is 19.7 Å². The fourth-order valence-corrected chi connectivity index (χ4v) is 4.36. The van der Waals surface area contributed by atoms with E-state index < -0.39 is 40.2 Å². The van der Waals surface area contributed by atoms with Crippen molar-refractivity contribution in [3.63, 3.8) is 0 Å². The molecule has 2 amide bonds. The van der Waals surface area contributed by atoms with Gasteiger partial charge in [-0.25, -0.2) is 12.8 Å². The molecule has 1 atom stereocenters. The maximum atomic E-state index is 14.4. The summed E-state index contributed by atoms with van der Waals surface area (Å²) in [6, 6.07) is 9.49. The first-order chi connectivity index (χ1) is 17.0. The predicted molar refractivity (Wildman–Crippen MR) is 136 cm³/mol. The number of carbonyl (C=O) groups is 2. The Kier molecular flexibility index (Phi) is 10.5. The maximum absolute atomic E-state index is 14.4. The number of anilines is 1. The highest BCUT2D eigenvalue weighted by Gasteiger charge is 2.31. The van der Waals surface area contributed by atoms with Gasteiger partial charge in [0.2, 0.25) is 21.8 Å². The summed E-state index contributed by atoms with van der Waals surface area (Å²) < 4.78 is 51.4. The van der Waals surface area contributed by atoms with Gasteiger partial charge in [0.15, 0.2) is 0 Å². The van der Waals surface area contributed by atoms with Crippen LogP contribution in [0.25, 0.3) is 0 Å². The van der Waals surface area contributed by atoms with E-state index >= 15 is 0 Å². The van der Waals surface area contributed by atoms with Crippen LogP contribution in [0.15, 0.2) is 42.5 Å². The van der Waals surface area contributed by atoms with Gasteiger partial charge in [-0.15, -0.1) is 0 Å². The normalized spacial score (nSPS) is 11.9. The molecule has 198 valence electrons. The molecule has 0 spiro atoms. The Hall–Kier alpha value is -3.34. The van der Waals surface area contributed by atoms with Crippen LogP contribution >= 0.6 is 0 Å². The SMILES string of the molecule is CCCCNC(=O)[C@H](C)N(Cc1ccccc1F)C(=O)CN(c1cc(OC)ccc1OC)S(C)(=O)=O. The van der Waals surface area contributed by atoms with Gasteiger partial charge >= 0.3 is 0 Å². The number of hydrogen-bond donors (Lipinski definition) is 1. The predicted octanol–water partition coefficient (Wildman–Crippen LogP) is 2.94. The molecular weight excluding hydrogens is 489 g/mol. The minimum atomic E-state index is -3.97. The standard InChI is InChI=1S/C25H34FN3O6S/c1-6-7-14-27-25(31)18(2)28(16-19-10-8-9-11-21(19)26)24(30)17-29(36(5,32)33)22-15-20(34-3)12-13-23(22)35-4/h8-13,15,18H,6-7,14,16-17H2,1-5H3,(H,27,31)/t18-/m0/s1. The van der Waals surface area contributed by atoms with Crippen molar-refractivity contribution < 1.29 is 31.9 Å². The van der Waals surface area contributed by atoms with Crippen LogP contribution in [0.4, 0.5) is 10.1 Å². The number of rotatable bonds is 13. The van der Waals surface area contributed by atoms with Crippen LogP contribution in [0, 0.1) is 5.82 Å².